The van der Waals surface area contributed by atoms with Crippen LogP contribution in [0.1, 0.15) is 115 Å². The predicted molar refractivity (Wildman–Crippen MR) is 149 cm³/mol. The Morgan fingerprint density at radius 1 is 0.667 bits per heavy atom. The Morgan fingerprint density at radius 2 is 1.15 bits per heavy atom. The molecule has 33 heavy (non-hydrogen) atoms. The molecule has 1 N–H and O–H groups in total. The summed E-state index contributed by atoms with van der Waals surface area (Å²) in [5.41, 5.74) is 1.05. The molecule has 0 heterocycles. The number of benzene rings is 2. The van der Waals surface area contributed by atoms with Crippen molar-refractivity contribution in [3.05, 3.63) is 46.4 Å². The lowest BCUT2D eigenvalue weighted by molar-refractivity contribution is 0.111. The predicted octanol–water partition coefficient (Wildman–Crippen LogP) is 9.44. The van der Waals surface area contributed by atoms with E-state index in [1.807, 2.05) is 0 Å². The highest BCUT2D eigenvalue weighted by Crippen LogP contribution is 2.30. The van der Waals surface area contributed by atoms with Gasteiger partial charge in [-0.15, -0.1) is 0 Å². The number of hydrogen-bond acceptors (Lipinski definition) is 2. The maximum Gasteiger partial charge on any atom is 0.0922 e. The van der Waals surface area contributed by atoms with Gasteiger partial charge in [-0.1, -0.05) is 137 Å². The van der Waals surface area contributed by atoms with Crippen LogP contribution in [0.25, 0.3) is 10.8 Å². The van der Waals surface area contributed by atoms with Crippen LogP contribution < -0.4 is 0 Å². The number of rotatable bonds is 19. The van der Waals surface area contributed by atoms with Crippen molar-refractivity contribution in [3.63, 3.8) is 0 Å². The molecule has 3 heteroatoms. The number of hydrogen-bond donors (Lipinski definition) is 1. The molecular formula is C30H48BrNO. The van der Waals surface area contributed by atoms with Crippen LogP contribution in [0.15, 0.2) is 40.9 Å². The molecule has 1 atom stereocenters. The van der Waals surface area contributed by atoms with Gasteiger partial charge in [-0.05, 0) is 48.3 Å². The third-order valence-electron chi connectivity index (χ3n) is 6.85. The topological polar surface area (TPSA) is 23.5 Å². The third kappa shape index (κ3) is 10.9. The van der Waals surface area contributed by atoms with Crippen LogP contribution in [0, 0.1) is 0 Å². The summed E-state index contributed by atoms with van der Waals surface area (Å²) < 4.78 is 1.09. The molecule has 0 aliphatic heterocycles. The van der Waals surface area contributed by atoms with E-state index in [4.69, 9.17) is 0 Å². The molecule has 2 rings (SSSR count). The number of halogens is 1. The molecule has 0 fully saturated rings. The quantitative estimate of drug-likeness (QED) is 0.187. The minimum Gasteiger partial charge on any atom is -0.387 e. The molecule has 0 aromatic heterocycles. The van der Waals surface area contributed by atoms with Crippen molar-refractivity contribution < 1.29 is 5.11 Å². The summed E-state index contributed by atoms with van der Waals surface area (Å²) >= 11 is 3.67. The highest BCUT2D eigenvalue weighted by atomic mass is 79.9. The average molecular weight is 519 g/mol. The van der Waals surface area contributed by atoms with E-state index in [1.165, 1.54) is 95.3 Å². The first-order chi connectivity index (χ1) is 16.2. The van der Waals surface area contributed by atoms with Gasteiger partial charge in [-0.25, -0.2) is 0 Å². The molecule has 0 saturated carbocycles. The minimum atomic E-state index is -0.447. The summed E-state index contributed by atoms with van der Waals surface area (Å²) in [6, 6.07) is 12.6. The zero-order valence-corrected chi connectivity index (χ0v) is 22.9. The molecular weight excluding hydrogens is 470 g/mol. The van der Waals surface area contributed by atoms with Crippen molar-refractivity contribution in [2.24, 2.45) is 0 Å². The molecule has 2 nitrogen and oxygen atoms in total. The van der Waals surface area contributed by atoms with E-state index >= 15 is 0 Å². The second-order valence-corrected chi connectivity index (χ2v) is 10.6. The molecule has 2 aromatic carbocycles. The van der Waals surface area contributed by atoms with Gasteiger partial charge in [0, 0.05) is 11.0 Å². The van der Waals surface area contributed by atoms with Gasteiger partial charge in [0.25, 0.3) is 0 Å². The van der Waals surface area contributed by atoms with E-state index in [0.717, 1.165) is 35.1 Å². The van der Waals surface area contributed by atoms with Crippen molar-refractivity contribution in [1.29, 1.82) is 0 Å². The van der Waals surface area contributed by atoms with Crippen LogP contribution in [-0.2, 0) is 0 Å². The van der Waals surface area contributed by atoms with Gasteiger partial charge in [-0.3, -0.25) is 0 Å². The normalized spacial score (nSPS) is 12.6. The van der Waals surface area contributed by atoms with Crippen LogP contribution in [0.5, 0.6) is 0 Å². The van der Waals surface area contributed by atoms with E-state index in [9.17, 15) is 5.11 Å². The fourth-order valence-electron chi connectivity index (χ4n) is 4.80. The molecule has 2 aromatic rings. The first-order valence-corrected chi connectivity index (χ1v) is 14.5. The van der Waals surface area contributed by atoms with Crippen LogP contribution in [0.2, 0.25) is 0 Å². The third-order valence-corrected chi connectivity index (χ3v) is 7.54. The maximum atomic E-state index is 11.2. The fourth-order valence-corrected chi connectivity index (χ4v) is 5.28. The Balaban J connectivity index is 1.89. The van der Waals surface area contributed by atoms with Crippen molar-refractivity contribution in [1.82, 2.24) is 4.90 Å². The van der Waals surface area contributed by atoms with Gasteiger partial charge < -0.3 is 10.0 Å². The zero-order chi connectivity index (χ0) is 23.7. The average Bonchev–Trinajstić information content (AvgIpc) is 2.83. The molecule has 186 valence electrons. The highest BCUT2D eigenvalue weighted by molar-refractivity contribution is 9.10. The van der Waals surface area contributed by atoms with Gasteiger partial charge in [-0.2, -0.15) is 0 Å². The van der Waals surface area contributed by atoms with Gasteiger partial charge in [0.15, 0.2) is 0 Å². The minimum absolute atomic E-state index is 0.447. The van der Waals surface area contributed by atoms with Crippen molar-refractivity contribution in [3.8, 4) is 0 Å². The van der Waals surface area contributed by atoms with Crippen molar-refractivity contribution in [2.75, 3.05) is 19.6 Å². The standard InChI is InChI=1S/C30H48BrNO/c1-3-5-7-9-11-13-17-23-32(24-18-14-12-10-8-6-4-2)25-30(33)28-21-22-29(31)27-20-16-15-19-26(27)28/h15-16,19-22,30,33H,3-14,17-18,23-25H2,1-2H3. The van der Waals surface area contributed by atoms with Crippen LogP contribution in [0.4, 0.5) is 0 Å². The van der Waals surface area contributed by atoms with Crippen LogP contribution in [-0.4, -0.2) is 29.6 Å². The molecule has 0 amide bonds. The number of fused-ring (bicyclic) bond motifs is 1. The molecule has 0 radical (unpaired) electrons. The summed E-state index contributed by atoms with van der Waals surface area (Å²) in [5, 5.41) is 13.6. The summed E-state index contributed by atoms with van der Waals surface area (Å²) in [6.45, 7) is 7.50. The molecule has 0 aliphatic rings. The van der Waals surface area contributed by atoms with Gasteiger partial charge in [0.2, 0.25) is 0 Å². The first kappa shape index (κ1) is 28.3. The molecule has 0 spiro atoms. The lowest BCUT2D eigenvalue weighted by Gasteiger charge is -2.26. The molecule has 0 saturated heterocycles. The number of aliphatic hydroxyl groups excluding tert-OH is 1. The van der Waals surface area contributed by atoms with Crippen molar-refractivity contribution in [2.45, 2.75) is 110 Å². The molecule has 0 aliphatic carbocycles. The Bertz CT molecular complexity index is 744. The Labute approximate surface area is 212 Å². The van der Waals surface area contributed by atoms with E-state index in [1.54, 1.807) is 0 Å². The number of nitrogens with zero attached hydrogens (tertiary/aromatic N) is 1. The number of unbranched alkanes of at least 4 members (excludes halogenated alkanes) is 12. The SMILES string of the molecule is CCCCCCCCCN(CCCCCCCCC)CC(O)c1ccc(Br)c2ccccc12. The lowest BCUT2D eigenvalue weighted by Crippen LogP contribution is -2.31. The first-order valence-electron chi connectivity index (χ1n) is 13.7. The Morgan fingerprint density at radius 3 is 1.70 bits per heavy atom. The highest BCUT2D eigenvalue weighted by Gasteiger charge is 2.16. The summed E-state index contributed by atoms with van der Waals surface area (Å²) in [4.78, 5) is 2.53. The summed E-state index contributed by atoms with van der Waals surface area (Å²) in [7, 11) is 0. The van der Waals surface area contributed by atoms with Gasteiger partial charge >= 0.3 is 0 Å². The fraction of sp³-hybridized carbons (Fsp3) is 0.667. The van der Waals surface area contributed by atoms with Crippen molar-refractivity contribution >= 4 is 26.7 Å². The summed E-state index contributed by atoms with van der Waals surface area (Å²) in [6.07, 6.45) is 18.3. The van der Waals surface area contributed by atoms with E-state index < -0.39 is 6.10 Å². The smallest absolute Gasteiger partial charge is 0.0922 e. The second-order valence-electron chi connectivity index (χ2n) is 9.74. The lowest BCUT2D eigenvalue weighted by atomic mass is 10.00. The summed E-state index contributed by atoms with van der Waals surface area (Å²) in [5.74, 6) is 0. The monoisotopic (exact) mass is 517 g/mol. The van der Waals surface area contributed by atoms with Gasteiger partial charge in [0.1, 0.15) is 0 Å². The second kappa shape index (κ2) is 17.5. The van der Waals surface area contributed by atoms with Crippen LogP contribution >= 0.6 is 15.9 Å². The van der Waals surface area contributed by atoms with E-state index in [-0.39, 0.29) is 0 Å². The Kier molecular flexibility index (Phi) is 15.0. The van der Waals surface area contributed by atoms with Gasteiger partial charge in [0.05, 0.1) is 6.10 Å². The Hall–Kier alpha value is -0.900. The zero-order valence-electron chi connectivity index (χ0n) is 21.3. The molecule has 1 unspecified atom stereocenters. The largest absolute Gasteiger partial charge is 0.387 e. The maximum absolute atomic E-state index is 11.2. The van der Waals surface area contributed by atoms with E-state index in [0.29, 0.717) is 0 Å². The number of aliphatic hydroxyl groups is 1. The van der Waals surface area contributed by atoms with Crippen LogP contribution in [0.3, 0.4) is 0 Å². The van der Waals surface area contributed by atoms with E-state index in [2.05, 4.69) is 71.1 Å². The molecule has 0 bridgehead atoms.